The van der Waals surface area contributed by atoms with E-state index in [2.05, 4.69) is 33.3 Å². The minimum Gasteiger partial charge on any atom is -0.493 e. The molecule has 32 heavy (non-hydrogen) atoms. The second-order valence-electron chi connectivity index (χ2n) is 8.41. The van der Waals surface area contributed by atoms with E-state index < -0.39 is 6.03 Å². The SMILES string of the molecule is COc1ccc(C[C@@]23CCN[C@H]2C/C(=N\NC(=O)Nc2ccccc2Cl)CC3)cc1OC. The Morgan fingerprint density at radius 2 is 2.00 bits per heavy atom. The number of rotatable bonds is 6. The number of nitrogens with zero attached hydrogens (tertiary/aromatic N) is 1. The second kappa shape index (κ2) is 9.79. The minimum absolute atomic E-state index is 0.179. The molecule has 2 aliphatic rings. The van der Waals surface area contributed by atoms with Crippen LogP contribution in [0.25, 0.3) is 0 Å². The molecule has 0 bridgehead atoms. The number of methoxy groups -OCH3 is 2. The fourth-order valence-corrected chi connectivity index (χ4v) is 5.03. The van der Waals surface area contributed by atoms with E-state index in [0.717, 1.165) is 55.9 Å². The van der Waals surface area contributed by atoms with Crippen LogP contribution in [0.1, 0.15) is 31.2 Å². The molecule has 1 saturated heterocycles. The smallest absolute Gasteiger partial charge is 0.339 e. The van der Waals surface area contributed by atoms with E-state index in [9.17, 15) is 4.79 Å². The van der Waals surface area contributed by atoms with E-state index in [1.165, 1.54) is 5.56 Å². The summed E-state index contributed by atoms with van der Waals surface area (Å²) in [5.41, 5.74) is 5.60. The number of hydrogen-bond acceptors (Lipinski definition) is 5. The summed E-state index contributed by atoms with van der Waals surface area (Å²) in [6.07, 6.45) is 4.79. The van der Waals surface area contributed by atoms with Crippen molar-refractivity contribution in [2.24, 2.45) is 10.5 Å². The topological polar surface area (TPSA) is 84.0 Å². The average molecular weight is 457 g/mol. The first-order valence-corrected chi connectivity index (χ1v) is 11.2. The maximum atomic E-state index is 12.2. The molecule has 2 aromatic carbocycles. The maximum Gasteiger partial charge on any atom is 0.339 e. The van der Waals surface area contributed by atoms with Gasteiger partial charge in [0.25, 0.3) is 0 Å². The van der Waals surface area contributed by atoms with Crippen LogP contribution in [0, 0.1) is 5.41 Å². The molecule has 2 fully saturated rings. The fourth-order valence-electron chi connectivity index (χ4n) is 4.85. The molecule has 2 aromatic rings. The number of amides is 2. The van der Waals surface area contributed by atoms with Gasteiger partial charge in [0.05, 0.1) is 24.9 Å². The second-order valence-corrected chi connectivity index (χ2v) is 8.82. The van der Waals surface area contributed by atoms with Crippen LogP contribution in [-0.2, 0) is 6.42 Å². The molecule has 7 nitrogen and oxygen atoms in total. The van der Waals surface area contributed by atoms with Crippen LogP contribution in [0.15, 0.2) is 47.6 Å². The van der Waals surface area contributed by atoms with Crippen molar-refractivity contribution in [2.75, 3.05) is 26.1 Å². The molecule has 8 heteroatoms. The van der Waals surface area contributed by atoms with Crippen molar-refractivity contribution >= 4 is 29.0 Å². The standard InChI is InChI=1S/C24H29ClN4O3/c1-31-20-8-7-16(13-21(20)32-2)15-24-10-9-17(14-22(24)26-12-11-24)28-29-23(30)27-19-6-4-3-5-18(19)25/h3-8,13,22,26H,9-12,14-15H2,1-2H3,(H2,27,29,30)/b28-17-/t22-,24+/m0/s1. The van der Waals surface area contributed by atoms with Crippen LogP contribution in [-0.4, -0.2) is 38.5 Å². The van der Waals surface area contributed by atoms with Crippen molar-refractivity contribution in [3.63, 3.8) is 0 Å². The number of carbonyl (C=O) groups is 1. The largest absolute Gasteiger partial charge is 0.493 e. The lowest BCUT2D eigenvalue weighted by atomic mass is 9.67. The molecule has 0 radical (unpaired) electrons. The van der Waals surface area contributed by atoms with Gasteiger partial charge in [-0.25, -0.2) is 10.2 Å². The molecule has 2 atom stereocenters. The first kappa shape index (κ1) is 22.4. The first-order chi connectivity index (χ1) is 15.5. The van der Waals surface area contributed by atoms with Gasteiger partial charge in [-0.15, -0.1) is 0 Å². The Morgan fingerprint density at radius 3 is 2.78 bits per heavy atom. The molecule has 1 saturated carbocycles. The van der Waals surface area contributed by atoms with Crippen molar-refractivity contribution < 1.29 is 14.3 Å². The van der Waals surface area contributed by atoms with Crippen molar-refractivity contribution in [1.29, 1.82) is 0 Å². The Bertz CT molecular complexity index is 1010. The number of para-hydroxylation sites is 1. The molecule has 1 aliphatic carbocycles. The number of benzene rings is 2. The van der Waals surface area contributed by atoms with Crippen molar-refractivity contribution in [3.05, 3.63) is 53.1 Å². The molecule has 0 aromatic heterocycles. The summed E-state index contributed by atoms with van der Waals surface area (Å²) in [5.74, 6) is 1.50. The van der Waals surface area contributed by atoms with E-state index in [0.29, 0.717) is 16.8 Å². The number of anilines is 1. The predicted octanol–water partition coefficient (Wildman–Crippen LogP) is 4.61. The summed E-state index contributed by atoms with van der Waals surface area (Å²) in [4.78, 5) is 12.2. The van der Waals surface area contributed by atoms with Crippen LogP contribution in [0.3, 0.4) is 0 Å². The summed E-state index contributed by atoms with van der Waals surface area (Å²) in [7, 11) is 3.32. The van der Waals surface area contributed by atoms with Crippen molar-refractivity contribution in [2.45, 2.75) is 38.1 Å². The molecule has 1 aliphatic heterocycles. The highest BCUT2D eigenvalue weighted by Crippen LogP contribution is 2.45. The molecule has 0 unspecified atom stereocenters. The predicted molar refractivity (Wildman–Crippen MR) is 127 cm³/mol. The highest BCUT2D eigenvalue weighted by molar-refractivity contribution is 6.33. The molecule has 3 N–H and O–H groups in total. The number of halogens is 1. The number of hydrazone groups is 1. The Kier molecular flexibility index (Phi) is 6.86. The van der Waals surface area contributed by atoms with E-state index in [4.69, 9.17) is 21.1 Å². The quantitative estimate of drug-likeness (QED) is 0.554. The van der Waals surface area contributed by atoms with Gasteiger partial charge in [0.1, 0.15) is 0 Å². The molecule has 4 rings (SSSR count). The maximum absolute atomic E-state index is 12.2. The summed E-state index contributed by atoms with van der Waals surface area (Å²) in [5, 5.41) is 11.3. The van der Waals surface area contributed by atoms with Crippen LogP contribution >= 0.6 is 11.6 Å². The third-order valence-electron chi connectivity index (χ3n) is 6.55. The summed E-state index contributed by atoms with van der Waals surface area (Å²) in [6, 6.07) is 13.2. The van der Waals surface area contributed by atoms with Crippen LogP contribution in [0.2, 0.25) is 5.02 Å². The first-order valence-electron chi connectivity index (χ1n) is 10.8. The minimum atomic E-state index is -0.396. The van der Waals surface area contributed by atoms with Crippen molar-refractivity contribution in [1.82, 2.24) is 10.7 Å². The van der Waals surface area contributed by atoms with Gasteiger partial charge in [0, 0.05) is 18.2 Å². The molecular formula is C24H29ClN4O3. The van der Waals surface area contributed by atoms with Gasteiger partial charge in [-0.05, 0) is 67.5 Å². The van der Waals surface area contributed by atoms with E-state index in [1.807, 2.05) is 18.2 Å². The highest BCUT2D eigenvalue weighted by atomic mass is 35.5. The van der Waals surface area contributed by atoms with Gasteiger partial charge in [0.2, 0.25) is 0 Å². The van der Waals surface area contributed by atoms with Crippen LogP contribution < -0.4 is 25.5 Å². The summed E-state index contributed by atoms with van der Waals surface area (Å²) < 4.78 is 10.9. The summed E-state index contributed by atoms with van der Waals surface area (Å²) >= 11 is 6.09. The molecular weight excluding hydrogens is 428 g/mol. The van der Waals surface area contributed by atoms with Gasteiger partial charge >= 0.3 is 6.03 Å². The molecule has 170 valence electrons. The van der Waals surface area contributed by atoms with Gasteiger partial charge in [-0.2, -0.15) is 5.10 Å². The van der Waals surface area contributed by atoms with E-state index in [-0.39, 0.29) is 5.41 Å². The zero-order valence-electron chi connectivity index (χ0n) is 18.4. The third kappa shape index (κ3) is 4.84. The Balaban J connectivity index is 1.39. The number of nitrogens with one attached hydrogen (secondary N) is 3. The van der Waals surface area contributed by atoms with Gasteiger partial charge < -0.3 is 20.1 Å². The van der Waals surface area contributed by atoms with Gasteiger partial charge in [0.15, 0.2) is 11.5 Å². The lowest BCUT2D eigenvalue weighted by Crippen LogP contribution is -2.44. The van der Waals surface area contributed by atoms with Crippen LogP contribution in [0.5, 0.6) is 11.5 Å². The molecule has 1 heterocycles. The lowest BCUT2D eigenvalue weighted by molar-refractivity contribution is 0.215. The number of carbonyl (C=O) groups excluding carboxylic acids is 1. The van der Waals surface area contributed by atoms with Crippen LogP contribution in [0.4, 0.5) is 10.5 Å². The Morgan fingerprint density at radius 1 is 1.19 bits per heavy atom. The van der Waals surface area contributed by atoms with E-state index in [1.54, 1.807) is 26.4 Å². The normalized spacial score (nSPS) is 23.5. The highest BCUT2D eigenvalue weighted by Gasteiger charge is 2.45. The lowest BCUT2D eigenvalue weighted by Gasteiger charge is -2.40. The molecule has 0 spiro atoms. The van der Waals surface area contributed by atoms with Gasteiger partial charge in [-0.1, -0.05) is 29.8 Å². The number of fused-ring (bicyclic) bond motifs is 1. The fraction of sp³-hybridized carbons (Fsp3) is 0.417. The zero-order valence-corrected chi connectivity index (χ0v) is 19.2. The van der Waals surface area contributed by atoms with Crippen molar-refractivity contribution in [3.8, 4) is 11.5 Å². The molecule has 2 amide bonds. The summed E-state index contributed by atoms with van der Waals surface area (Å²) in [6.45, 7) is 0.992. The Labute approximate surface area is 193 Å². The Hall–Kier alpha value is -2.77. The number of hydrogen-bond donors (Lipinski definition) is 3. The average Bonchev–Trinajstić information content (AvgIpc) is 3.21. The van der Waals surface area contributed by atoms with Gasteiger partial charge in [-0.3, -0.25) is 0 Å². The number of ether oxygens (including phenoxy) is 2. The van der Waals surface area contributed by atoms with E-state index >= 15 is 0 Å². The number of urea groups is 1. The third-order valence-corrected chi connectivity index (χ3v) is 6.88. The zero-order chi connectivity index (χ0) is 22.6. The monoisotopic (exact) mass is 456 g/mol.